The van der Waals surface area contributed by atoms with Gasteiger partial charge in [0, 0.05) is 36.7 Å². The Morgan fingerprint density at radius 3 is 2.67 bits per heavy atom. The summed E-state index contributed by atoms with van der Waals surface area (Å²) < 4.78 is 5.58. The Labute approximate surface area is 131 Å². The highest BCUT2D eigenvalue weighted by Gasteiger charge is 2.58. The second-order valence-corrected chi connectivity index (χ2v) is 7.31. The molecule has 0 radical (unpaired) electrons. The number of pyridine rings is 1. The van der Waals surface area contributed by atoms with Crippen molar-refractivity contribution in [2.75, 3.05) is 12.9 Å². The number of rotatable bonds is 6. The van der Waals surface area contributed by atoms with E-state index in [1.807, 2.05) is 12.1 Å². The summed E-state index contributed by atoms with van der Waals surface area (Å²) in [5.41, 5.74) is 1.02. The van der Waals surface area contributed by atoms with Crippen LogP contribution in [0.2, 0.25) is 0 Å². The van der Waals surface area contributed by atoms with E-state index in [2.05, 4.69) is 31.1 Å². The van der Waals surface area contributed by atoms with Gasteiger partial charge in [0.05, 0.1) is 11.4 Å². The minimum Gasteiger partial charge on any atom is -0.378 e. The van der Waals surface area contributed by atoms with Crippen molar-refractivity contribution in [3.63, 3.8) is 0 Å². The van der Waals surface area contributed by atoms with Crippen molar-refractivity contribution < 1.29 is 9.53 Å². The van der Waals surface area contributed by atoms with Gasteiger partial charge in [0.15, 0.2) is 0 Å². The number of ether oxygens (including phenoxy) is 1. The molecule has 4 nitrogen and oxygen atoms in total. The predicted octanol–water partition coefficient (Wildman–Crippen LogP) is 2.63. The van der Waals surface area contributed by atoms with Crippen molar-refractivity contribution in [2.45, 2.75) is 44.6 Å². The van der Waals surface area contributed by atoms with Crippen molar-refractivity contribution in [1.82, 2.24) is 10.3 Å². The molecule has 1 aliphatic carbocycles. The number of hydrogen-bond acceptors (Lipinski definition) is 4. The first-order chi connectivity index (χ1) is 9.89. The number of methoxy groups -OCH3 is 1. The lowest BCUT2D eigenvalue weighted by molar-refractivity contribution is -0.182. The molecule has 0 unspecified atom stereocenters. The number of aromatic nitrogens is 1. The quantitative estimate of drug-likeness (QED) is 0.878. The Kier molecular flexibility index (Phi) is 4.94. The average Bonchev–Trinajstić information content (AvgIpc) is 2.47. The maximum Gasteiger partial charge on any atom is 0.230 e. The zero-order valence-electron chi connectivity index (χ0n) is 13.2. The predicted molar refractivity (Wildman–Crippen MR) is 86.1 cm³/mol. The molecular weight excluding hydrogens is 284 g/mol. The van der Waals surface area contributed by atoms with E-state index in [-0.39, 0.29) is 23.0 Å². The Morgan fingerprint density at radius 1 is 1.43 bits per heavy atom. The van der Waals surface area contributed by atoms with Gasteiger partial charge in [-0.25, -0.2) is 0 Å². The van der Waals surface area contributed by atoms with Crippen LogP contribution in [0, 0.1) is 5.41 Å². The molecule has 21 heavy (non-hydrogen) atoms. The molecule has 0 aromatic carbocycles. The van der Waals surface area contributed by atoms with Gasteiger partial charge in [0.25, 0.3) is 0 Å². The molecule has 1 aromatic heterocycles. The molecule has 1 amide bonds. The van der Waals surface area contributed by atoms with Crippen LogP contribution in [0.5, 0.6) is 0 Å². The maximum atomic E-state index is 12.0. The summed E-state index contributed by atoms with van der Waals surface area (Å²) in [5.74, 6) is 1.42. The third kappa shape index (κ3) is 3.40. The van der Waals surface area contributed by atoms with Gasteiger partial charge in [-0.05, 0) is 31.0 Å². The fourth-order valence-electron chi connectivity index (χ4n) is 2.70. The number of thioether (sulfide) groups is 1. The van der Waals surface area contributed by atoms with Gasteiger partial charge in [-0.1, -0.05) is 13.8 Å². The zero-order chi connectivity index (χ0) is 15.5. The number of hydrogen-bond donors (Lipinski definition) is 1. The summed E-state index contributed by atoms with van der Waals surface area (Å²) >= 11 is 1.63. The third-order valence-corrected chi connectivity index (χ3v) is 5.87. The molecule has 5 heteroatoms. The Hall–Kier alpha value is -1.07. The second-order valence-electron chi connectivity index (χ2n) is 6.33. The second kappa shape index (κ2) is 6.36. The van der Waals surface area contributed by atoms with Crippen LogP contribution < -0.4 is 5.32 Å². The van der Waals surface area contributed by atoms with E-state index in [1.165, 1.54) is 5.56 Å². The van der Waals surface area contributed by atoms with Crippen molar-refractivity contribution in [2.24, 2.45) is 5.41 Å². The highest BCUT2D eigenvalue weighted by molar-refractivity contribution is 7.99. The monoisotopic (exact) mass is 308 g/mol. The van der Waals surface area contributed by atoms with Crippen LogP contribution in [0.25, 0.3) is 0 Å². The van der Waals surface area contributed by atoms with Crippen LogP contribution in [0.3, 0.4) is 0 Å². The van der Waals surface area contributed by atoms with Gasteiger partial charge in [-0.2, -0.15) is 0 Å². The molecule has 1 N–H and O–H groups in total. The number of carbonyl (C=O) groups is 1. The van der Waals surface area contributed by atoms with Crippen LogP contribution in [-0.4, -0.2) is 35.4 Å². The van der Waals surface area contributed by atoms with Crippen LogP contribution in [0.1, 0.15) is 32.8 Å². The molecule has 1 saturated carbocycles. The van der Waals surface area contributed by atoms with Crippen molar-refractivity contribution >= 4 is 17.7 Å². The van der Waals surface area contributed by atoms with E-state index < -0.39 is 0 Å². The van der Waals surface area contributed by atoms with E-state index in [4.69, 9.17) is 4.74 Å². The smallest absolute Gasteiger partial charge is 0.230 e. The molecule has 0 spiro atoms. The molecular formula is C16H24N2O2S. The highest BCUT2D eigenvalue weighted by atomic mass is 32.2. The summed E-state index contributed by atoms with van der Waals surface area (Å²) in [6.45, 7) is 6.40. The summed E-state index contributed by atoms with van der Waals surface area (Å²) in [4.78, 5) is 16.0. The molecule has 1 aromatic rings. The number of amides is 1. The topological polar surface area (TPSA) is 51.2 Å². The SMILES string of the molecule is CO[C@@]1(C)C[C@@H](NC(=O)CSCc2ccncc2)C1(C)C. The Morgan fingerprint density at radius 2 is 2.10 bits per heavy atom. The van der Waals surface area contributed by atoms with Crippen LogP contribution in [0.4, 0.5) is 0 Å². The summed E-state index contributed by atoms with van der Waals surface area (Å²) in [6, 6.07) is 4.14. The molecule has 2 rings (SSSR count). The largest absolute Gasteiger partial charge is 0.378 e. The number of nitrogens with zero attached hydrogens (tertiary/aromatic N) is 1. The molecule has 2 atom stereocenters. The number of nitrogens with one attached hydrogen (secondary N) is 1. The zero-order valence-corrected chi connectivity index (χ0v) is 14.0. The van der Waals surface area contributed by atoms with Crippen molar-refractivity contribution in [3.8, 4) is 0 Å². The van der Waals surface area contributed by atoms with Gasteiger partial charge in [-0.15, -0.1) is 11.8 Å². The van der Waals surface area contributed by atoms with Crippen LogP contribution in [-0.2, 0) is 15.3 Å². The van der Waals surface area contributed by atoms with E-state index in [9.17, 15) is 4.79 Å². The molecule has 0 aliphatic heterocycles. The normalized spacial score (nSPS) is 27.0. The van der Waals surface area contributed by atoms with Gasteiger partial charge >= 0.3 is 0 Å². The first kappa shape index (κ1) is 16.3. The minimum absolute atomic E-state index is 0.0345. The van der Waals surface area contributed by atoms with E-state index in [0.29, 0.717) is 5.75 Å². The lowest BCUT2D eigenvalue weighted by atomic mass is 9.56. The Bertz CT molecular complexity index is 492. The lowest BCUT2D eigenvalue weighted by Crippen LogP contribution is -2.68. The lowest BCUT2D eigenvalue weighted by Gasteiger charge is -2.59. The molecule has 1 aliphatic rings. The average molecular weight is 308 g/mol. The fraction of sp³-hybridized carbons (Fsp3) is 0.625. The molecule has 116 valence electrons. The first-order valence-corrected chi connectivity index (χ1v) is 8.36. The van der Waals surface area contributed by atoms with Gasteiger partial charge in [0.2, 0.25) is 5.91 Å². The fourth-order valence-corrected chi connectivity index (χ4v) is 3.50. The van der Waals surface area contributed by atoms with Gasteiger partial charge in [-0.3, -0.25) is 9.78 Å². The van der Waals surface area contributed by atoms with Crippen LogP contribution in [0.15, 0.2) is 24.5 Å². The van der Waals surface area contributed by atoms with E-state index in [1.54, 1.807) is 31.3 Å². The summed E-state index contributed by atoms with van der Waals surface area (Å²) in [7, 11) is 1.74. The summed E-state index contributed by atoms with van der Waals surface area (Å²) in [5, 5.41) is 3.13. The van der Waals surface area contributed by atoms with Crippen molar-refractivity contribution in [1.29, 1.82) is 0 Å². The third-order valence-electron chi connectivity index (χ3n) is 4.86. The van der Waals surface area contributed by atoms with E-state index >= 15 is 0 Å². The first-order valence-electron chi connectivity index (χ1n) is 7.20. The minimum atomic E-state index is -0.144. The standard InChI is InChI=1S/C16H24N2O2S/c1-15(2)13(9-16(15,3)20-4)18-14(19)11-21-10-12-5-7-17-8-6-12/h5-8,13H,9-11H2,1-4H3,(H,18,19)/t13-,16+/m1/s1. The van der Waals surface area contributed by atoms with E-state index in [0.717, 1.165) is 12.2 Å². The van der Waals surface area contributed by atoms with Crippen molar-refractivity contribution in [3.05, 3.63) is 30.1 Å². The molecule has 0 saturated heterocycles. The summed E-state index contributed by atoms with van der Waals surface area (Å²) in [6.07, 6.45) is 4.42. The maximum absolute atomic E-state index is 12.0. The number of carbonyl (C=O) groups excluding carboxylic acids is 1. The highest BCUT2D eigenvalue weighted by Crippen LogP contribution is 2.51. The van der Waals surface area contributed by atoms with Crippen LogP contribution >= 0.6 is 11.8 Å². The van der Waals surface area contributed by atoms with Gasteiger partial charge in [0.1, 0.15) is 0 Å². The molecule has 0 bridgehead atoms. The molecule has 1 fully saturated rings. The molecule has 1 heterocycles. The van der Waals surface area contributed by atoms with Gasteiger partial charge < -0.3 is 10.1 Å². The Balaban J connectivity index is 1.74.